The average Bonchev–Trinajstić information content (AvgIpc) is 2.84. The number of hydrogen-bond acceptors (Lipinski definition) is 3. The topological polar surface area (TPSA) is 36.1 Å². The maximum Gasteiger partial charge on any atom is 0.305 e. The van der Waals surface area contributed by atoms with Crippen molar-refractivity contribution in [2.24, 2.45) is 0 Å². The molecule has 0 radical (unpaired) electrons. The second-order valence-electron chi connectivity index (χ2n) is 5.28. The van der Waals surface area contributed by atoms with Gasteiger partial charge in [-0.15, -0.1) is 0 Å². The fourth-order valence-electron chi connectivity index (χ4n) is 2.68. The Bertz CT molecular complexity index is 689. The Morgan fingerprint density at radius 3 is 2.62 bits per heavy atom. The Balaban J connectivity index is 1.91. The molecule has 0 bridgehead atoms. The fraction of sp³-hybridized carbons (Fsp3) is 0.400. The first-order valence-corrected chi connectivity index (χ1v) is 8.60. The van der Waals surface area contributed by atoms with Gasteiger partial charge in [0.2, 0.25) is 0 Å². The zero-order valence-electron chi connectivity index (χ0n) is 11.5. The lowest BCUT2D eigenvalue weighted by Gasteiger charge is -2.26. The van der Waals surface area contributed by atoms with E-state index < -0.39 is 0 Å². The lowest BCUT2D eigenvalue weighted by Crippen LogP contribution is -2.28. The molecule has 112 valence electrons. The SMILES string of the molecule is O=c1[nH]c(-c2ccc(Cl)c(Cl)c2)c(CN2CCCCC2)s1. The standard InChI is InChI=1S/C15H16Cl2N2OS/c16-11-5-4-10(8-12(11)17)14-13(21-15(20)18-14)9-19-6-2-1-3-7-19/h4-5,8H,1-3,6-7,9H2,(H,18,20). The van der Waals surface area contributed by atoms with E-state index in [1.807, 2.05) is 12.1 Å². The Hall–Kier alpha value is -0.810. The first-order valence-electron chi connectivity index (χ1n) is 7.03. The Morgan fingerprint density at radius 2 is 1.90 bits per heavy atom. The van der Waals surface area contributed by atoms with Crippen molar-refractivity contribution in [2.75, 3.05) is 13.1 Å². The molecule has 1 N–H and O–H groups in total. The van der Waals surface area contributed by atoms with Crippen LogP contribution in [0.4, 0.5) is 0 Å². The van der Waals surface area contributed by atoms with Gasteiger partial charge in [-0.3, -0.25) is 9.69 Å². The van der Waals surface area contributed by atoms with Crippen molar-refractivity contribution >= 4 is 34.5 Å². The van der Waals surface area contributed by atoms with Gasteiger partial charge in [-0.1, -0.05) is 47.0 Å². The van der Waals surface area contributed by atoms with Gasteiger partial charge in [-0.2, -0.15) is 0 Å². The molecule has 0 atom stereocenters. The summed E-state index contributed by atoms with van der Waals surface area (Å²) in [5.74, 6) is 0. The summed E-state index contributed by atoms with van der Waals surface area (Å²) < 4.78 is 0. The highest BCUT2D eigenvalue weighted by Gasteiger charge is 2.16. The molecule has 2 heterocycles. The molecule has 1 fully saturated rings. The van der Waals surface area contributed by atoms with E-state index in [-0.39, 0.29) is 4.87 Å². The van der Waals surface area contributed by atoms with Gasteiger partial charge in [-0.25, -0.2) is 0 Å². The minimum Gasteiger partial charge on any atom is -0.312 e. The predicted molar refractivity (Wildman–Crippen MR) is 89.5 cm³/mol. The summed E-state index contributed by atoms with van der Waals surface area (Å²) in [7, 11) is 0. The number of aromatic nitrogens is 1. The summed E-state index contributed by atoms with van der Waals surface area (Å²) in [5, 5.41) is 1.03. The molecule has 0 saturated carbocycles. The number of nitrogens with one attached hydrogen (secondary N) is 1. The third-order valence-corrected chi connectivity index (χ3v) is 5.35. The van der Waals surface area contributed by atoms with Crippen LogP contribution in [0.2, 0.25) is 10.0 Å². The van der Waals surface area contributed by atoms with Gasteiger partial charge in [0.15, 0.2) is 0 Å². The molecule has 1 saturated heterocycles. The van der Waals surface area contributed by atoms with Gasteiger partial charge < -0.3 is 4.98 Å². The van der Waals surface area contributed by atoms with Gasteiger partial charge in [0, 0.05) is 17.0 Å². The van der Waals surface area contributed by atoms with Crippen LogP contribution in [-0.2, 0) is 6.54 Å². The van der Waals surface area contributed by atoms with E-state index in [1.165, 1.54) is 30.6 Å². The van der Waals surface area contributed by atoms with Crippen molar-refractivity contribution in [1.29, 1.82) is 0 Å². The van der Waals surface area contributed by atoms with E-state index >= 15 is 0 Å². The summed E-state index contributed by atoms with van der Waals surface area (Å²) in [6, 6.07) is 5.47. The van der Waals surface area contributed by atoms with Crippen LogP contribution in [0.3, 0.4) is 0 Å². The third kappa shape index (κ3) is 3.51. The molecule has 0 spiro atoms. The fourth-order valence-corrected chi connectivity index (χ4v) is 3.87. The summed E-state index contributed by atoms with van der Waals surface area (Å²) in [6.45, 7) is 3.03. The van der Waals surface area contributed by atoms with E-state index in [0.29, 0.717) is 10.0 Å². The van der Waals surface area contributed by atoms with Crippen LogP contribution >= 0.6 is 34.5 Å². The average molecular weight is 343 g/mol. The quantitative estimate of drug-likeness (QED) is 0.897. The number of thiazole rings is 1. The van der Waals surface area contributed by atoms with Crippen molar-refractivity contribution in [1.82, 2.24) is 9.88 Å². The van der Waals surface area contributed by atoms with Crippen molar-refractivity contribution in [3.05, 3.63) is 42.8 Å². The van der Waals surface area contributed by atoms with Gasteiger partial charge in [0.1, 0.15) is 0 Å². The van der Waals surface area contributed by atoms with Crippen LogP contribution in [0, 0.1) is 0 Å². The summed E-state index contributed by atoms with van der Waals surface area (Å²) in [4.78, 5) is 18.1. The van der Waals surface area contributed by atoms with E-state index in [0.717, 1.165) is 35.8 Å². The molecule has 1 aliphatic rings. The second kappa shape index (κ2) is 6.53. The van der Waals surface area contributed by atoms with E-state index in [2.05, 4.69) is 9.88 Å². The van der Waals surface area contributed by atoms with Crippen LogP contribution in [-0.4, -0.2) is 23.0 Å². The van der Waals surface area contributed by atoms with E-state index in [1.54, 1.807) is 6.07 Å². The number of aromatic amines is 1. The highest BCUT2D eigenvalue weighted by Crippen LogP contribution is 2.31. The smallest absolute Gasteiger partial charge is 0.305 e. The van der Waals surface area contributed by atoms with E-state index in [9.17, 15) is 4.79 Å². The van der Waals surface area contributed by atoms with Crippen molar-refractivity contribution in [2.45, 2.75) is 25.8 Å². The number of benzene rings is 1. The van der Waals surface area contributed by atoms with Crippen molar-refractivity contribution in [3.63, 3.8) is 0 Å². The van der Waals surface area contributed by atoms with Crippen LogP contribution in [0.15, 0.2) is 23.0 Å². The number of nitrogens with zero attached hydrogens (tertiary/aromatic N) is 1. The predicted octanol–water partition coefficient (Wildman–Crippen LogP) is 4.40. The van der Waals surface area contributed by atoms with Gasteiger partial charge in [0.25, 0.3) is 0 Å². The van der Waals surface area contributed by atoms with Crippen molar-refractivity contribution < 1.29 is 0 Å². The number of hydrogen-bond donors (Lipinski definition) is 1. The Kier molecular flexibility index (Phi) is 4.69. The zero-order chi connectivity index (χ0) is 14.8. The number of likely N-dealkylation sites (tertiary alicyclic amines) is 1. The first kappa shape index (κ1) is 15.1. The first-order chi connectivity index (χ1) is 10.1. The molecule has 0 unspecified atom stereocenters. The lowest BCUT2D eigenvalue weighted by molar-refractivity contribution is 0.223. The highest BCUT2D eigenvalue weighted by atomic mass is 35.5. The molecular formula is C15H16Cl2N2OS. The molecule has 1 aromatic carbocycles. The van der Waals surface area contributed by atoms with Crippen LogP contribution in [0.5, 0.6) is 0 Å². The molecular weight excluding hydrogens is 327 g/mol. The van der Waals surface area contributed by atoms with Gasteiger partial charge >= 0.3 is 4.87 Å². The number of rotatable bonds is 3. The molecule has 21 heavy (non-hydrogen) atoms. The summed E-state index contributed by atoms with van der Waals surface area (Å²) in [6.07, 6.45) is 3.78. The summed E-state index contributed by atoms with van der Waals surface area (Å²) in [5.41, 5.74) is 1.78. The van der Waals surface area contributed by atoms with Crippen LogP contribution < -0.4 is 4.87 Å². The molecule has 3 rings (SSSR count). The molecule has 1 aromatic heterocycles. The minimum absolute atomic E-state index is 0.0249. The summed E-state index contributed by atoms with van der Waals surface area (Å²) >= 11 is 13.3. The maximum atomic E-state index is 11.8. The lowest BCUT2D eigenvalue weighted by atomic mass is 10.1. The Labute approximate surface area is 137 Å². The maximum absolute atomic E-state index is 11.8. The minimum atomic E-state index is -0.0249. The molecule has 2 aromatic rings. The normalized spacial score (nSPS) is 16.3. The molecule has 6 heteroatoms. The van der Waals surface area contributed by atoms with Crippen molar-refractivity contribution in [3.8, 4) is 11.3 Å². The number of H-pyrrole nitrogens is 1. The van der Waals surface area contributed by atoms with E-state index in [4.69, 9.17) is 23.2 Å². The molecule has 1 aliphatic heterocycles. The third-order valence-electron chi connectivity index (χ3n) is 3.75. The molecule has 0 amide bonds. The number of halogens is 2. The van der Waals surface area contributed by atoms with Gasteiger partial charge in [-0.05, 0) is 38.1 Å². The van der Waals surface area contributed by atoms with Gasteiger partial charge in [0.05, 0.1) is 15.7 Å². The monoisotopic (exact) mass is 342 g/mol. The number of piperidine rings is 1. The largest absolute Gasteiger partial charge is 0.312 e. The molecule has 0 aliphatic carbocycles. The molecule has 3 nitrogen and oxygen atoms in total. The van der Waals surface area contributed by atoms with Crippen LogP contribution in [0.1, 0.15) is 24.1 Å². The highest BCUT2D eigenvalue weighted by molar-refractivity contribution is 7.09. The Morgan fingerprint density at radius 1 is 1.14 bits per heavy atom. The van der Waals surface area contributed by atoms with Crippen LogP contribution in [0.25, 0.3) is 11.3 Å². The second-order valence-corrected chi connectivity index (χ2v) is 7.16. The zero-order valence-corrected chi connectivity index (χ0v) is 13.8.